The number of hydrogen-bond donors (Lipinski definition) is 0. The highest BCUT2D eigenvalue weighted by molar-refractivity contribution is 6.69. The predicted octanol–water partition coefficient (Wildman–Crippen LogP) is 2.88. The molecule has 16 heavy (non-hydrogen) atoms. The third kappa shape index (κ3) is 3.55. The third-order valence-electron chi connectivity index (χ3n) is 2.89. The zero-order chi connectivity index (χ0) is 12.0. The lowest BCUT2D eigenvalue weighted by Gasteiger charge is -2.35. The smallest absolute Gasteiger partial charge is 0.368 e. The van der Waals surface area contributed by atoms with Crippen molar-refractivity contribution in [2.75, 3.05) is 19.8 Å². The molecular weight excluding hydrogens is 220 g/mol. The fraction of sp³-hybridized carbons (Fsp3) is 1.00. The van der Waals surface area contributed by atoms with Crippen molar-refractivity contribution in [2.45, 2.75) is 52.3 Å². The molecule has 1 aliphatic heterocycles. The summed E-state index contributed by atoms with van der Waals surface area (Å²) >= 11 is 0. The second-order valence-corrected chi connectivity index (χ2v) is 8.03. The van der Waals surface area contributed by atoms with Gasteiger partial charge in [-0.05, 0) is 38.7 Å². The molecule has 1 saturated heterocycles. The van der Waals surface area contributed by atoms with E-state index in [0.717, 1.165) is 38.7 Å². The molecule has 0 aromatic heterocycles. The van der Waals surface area contributed by atoms with E-state index in [1.54, 1.807) is 0 Å². The van der Waals surface area contributed by atoms with Crippen molar-refractivity contribution < 1.29 is 13.6 Å². The fourth-order valence-corrected chi connectivity index (χ4v) is 6.54. The van der Waals surface area contributed by atoms with Gasteiger partial charge in [0.05, 0.1) is 0 Å². The van der Waals surface area contributed by atoms with Crippen LogP contribution in [-0.4, -0.2) is 34.1 Å². The van der Waals surface area contributed by atoms with Crippen LogP contribution in [0.2, 0.25) is 6.04 Å². The first kappa shape index (κ1) is 14.2. The molecule has 0 aromatic carbocycles. The van der Waals surface area contributed by atoms with Crippen molar-refractivity contribution in [2.24, 2.45) is 5.92 Å². The average Bonchev–Trinajstić information content (AvgIpc) is 2.70. The van der Waals surface area contributed by atoms with Gasteiger partial charge in [0.2, 0.25) is 0 Å². The molecule has 0 aliphatic carbocycles. The average molecular weight is 246 g/mol. The summed E-state index contributed by atoms with van der Waals surface area (Å²) in [6.45, 7) is 10.9. The lowest BCUT2D eigenvalue weighted by atomic mass is 10.3. The summed E-state index contributed by atoms with van der Waals surface area (Å²) in [6, 6.07) is 1.04. The maximum atomic E-state index is 6.06. The van der Waals surface area contributed by atoms with Crippen LogP contribution in [0, 0.1) is 5.92 Å². The Hall–Kier alpha value is 0.0969. The summed E-state index contributed by atoms with van der Waals surface area (Å²) in [5, 5.41) is 0. The van der Waals surface area contributed by atoms with E-state index in [1.807, 2.05) is 0 Å². The topological polar surface area (TPSA) is 27.7 Å². The number of hydrogen-bond acceptors (Lipinski definition) is 3. The van der Waals surface area contributed by atoms with Crippen LogP contribution in [0.1, 0.15) is 40.5 Å². The predicted molar refractivity (Wildman–Crippen MR) is 67.6 cm³/mol. The summed E-state index contributed by atoms with van der Waals surface area (Å²) < 4.78 is 17.9. The molecule has 0 bridgehead atoms. The molecule has 0 amide bonds. The first-order chi connectivity index (χ1) is 7.64. The molecule has 1 fully saturated rings. The van der Waals surface area contributed by atoms with Gasteiger partial charge in [-0.1, -0.05) is 13.8 Å². The molecule has 0 spiro atoms. The second-order valence-electron chi connectivity index (χ2n) is 4.78. The monoisotopic (exact) mass is 246 g/mol. The maximum absolute atomic E-state index is 6.06. The van der Waals surface area contributed by atoms with E-state index in [9.17, 15) is 0 Å². The first-order valence-corrected chi connectivity index (χ1v) is 8.64. The molecule has 1 heterocycles. The standard InChI is InChI=1S/C12H26O3Si/c1-5-14-16(15-6-2,10-11(3)4)12-8-7-9-13-12/h11-12H,5-10H2,1-4H3. The summed E-state index contributed by atoms with van der Waals surface area (Å²) in [5.74, 6) is 0.606. The molecule has 1 rings (SSSR count). The maximum Gasteiger partial charge on any atom is 0.368 e. The molecule has 0 aromatic rings. The minimum atomic E-state index is -2.15. The quantitative estimate of drug-likeness (QED) is 0.647. The Balaban J connectivity index is 2.75. The van der Waals surface area contributed by atoms with Gasteiger partial charge >= 0.3 is 8.56 Å². The van der Waals surface area contributed by atoms with E-state index in [2.05, 4.69) is 27.7 Å². The molecule has 1 unspecified atom stereocenters. The van der Waals surface area contributed by atoms with Gasteiger partial charge in [-0.2, -0.15) is 0 Å². The van der Waals surface area contributed by atoms with Gasteiger partial charge in [0.1, 0.15) is 5.73 Å². The Morgan fingerprint density at radius 3 is 2.25 bits per heavy atom. The lowest BCUT2D eigenvalue weighted by molar-refractivity contribution is 0.0819. The van der Waals surface area contributed by atoms with E-state index < -0.39 is 8.56 Å². The zero-order valence-electron chi connectivity index (χ0n) is 11.1. The van der Waals surface area contributed by atoms with Crippen LogP contribution < -0.4 is 0 Å². The highest BCUT2D eigenvalue weighted by Crippen LogP contribution is 2.30. The van der Waals surface area contributed by atoms with Crippen LogP contribution in [0.25, 0.3) is 0 Å². The van der Waals surface area contributed by atoms with E-state index in [0.29, 0.717) is 5.92 Å². The molecule has 4 heteroatoms. The summed E-state index contributed by atoms with van der Waals surface area (Å²) in [6.07, 6.45) is 2.26. The van der Waals surface area contributed by atoms with Gasteiger partial charge < -0.3 is 13.6 Å². The van der Waals surface area contributed by atoms with E-state index in [-0.39, 0.29) is 5.73 Å². The Kier molecular flexibility index (Phi) is 5.96. The minimum Gasteiger partial charge on any atom is -0.393 e. The van der Waals surface area contributed by atoms with Gasteiger partial charge in [0.15, 0.2) is 0 Å². The largest absolute Gasteiger partial charge is 0.393 e. The minimum absolute atomic E-state index is 0.245. The van der Waals surface area contributed by atoms with Crippen LogP contribution in [0.3, 0.4) is 0 Å². The Morgan fingerprint density at radius 2 is 1.88 bits per heavy atom. The fourth-order valence-electron chi connectivity index (χ4n) is 2.46. The molecule has 1 aliphatic rings. The molecule has 0 radical (unpaired) electrons. The summed E-state index contributed by atoms with van der Waals surface area (Å²) in [7, 11) is -2.15. The molecule has 0 saturated carbocycles. The Labute approximate surface area is 101 Å². The van der Waals surface area contributed by atoms with Crippen molar-refractivity contribution >= 4 is 8.56 Å². The highest BCUT2D eigenvalue weighted by Gasteiger charge is 2.48. The molecular formula is C12H26O3Si. The summed E-state index contributed by atoms with van der Waals surface area (Å²) in [5.41, 5.74) is 0.245. The van der Waals surface area contributed by atoms with E-state index in [1.165, 1.54) is 0 Å². The Morgan fingerprint density at radius 1 is 1.25 bits per heavy atom. The zero-order valence-corrected chi connectivity index (χ0v) is 12.1. The van der Waals surface area contributed by atoms with Crippen molar-refractivity contribution in [3.63, 3.8) is 0 Å². The SMILES string of the molecule is CCO[Si](CC(C)C)(OCC)C1CCCO1. The first-order valence-electron chi connectivity index (χ1n) is 6.54. The van der Waals surface area contributed by atoms with Crippen molar-refractivity contribution in [1.82, 2.24) is 0 Å². The third-order valence-corrected chi connectivity index (χ3v) is 7.27. The van der Waals surface area contributed by atoms with Crippen LogP contribution in [0.5, 0.6) is 0 Å². The molecule has 0 N–H and O–H groups in total. The highest BCUT2D eigenvalue weighted by atomic mass is 28.4. The lowest BCUT2D eigenvalue weighted by Crippen LogP contribution is -2.54. The second kappa shape index (κ2) is 6.74. The van der Waals surface area contributed by atoms with Crippen LogP contribution in [0.4, 0.5) is 0 Å². The summed E-state index contributed by atoms with van der Waals surface area (Å²) in [4.78, 5) is 0. The van der Waals surface area contributed by atoms with Crippen molar-refractivity contribution in [3.05, 3.63) is 0 Å². The Bertz CT molecular complexity index is 185. The van der Waals surface area contributed by atoms with Crippen LogP contribution in [0.15, 0.2) is 0 Å². The van der Waals surface area contributed by atoms with Gasteiger partial charge in [-0.3, -0.25) is 0 Å². The van der Waals surface area contributed by atoms with Crippen molar-refractivity contribution in [3.8, 4) is 0 Å². The van der Waals surface area contributed by atoms with Crippen LogP contribution in [-0.2, 0) is 13.6 Å². The van der Waals surface area contributed by atoms with E-state index in [4.69, 9.17) is 13.6 Å². The molecule has 3 nitrogen and oxygen atoms in total. The van der Waals surface area contributed by atoms with Gasteiger partial charge in [-0.25, -0.2) is 0 Å². The molecule has 1 atom stereocenters. The number of rotatable bonds is 7. The van der Waals surface area contributed by atoms with E-state index >= 15 is 0 Å². The van der Waals surface area contributed by atoms with Crippen molar-refractivity contribution in [1.29, 1.82) is 0 Å². The number of ether oxygens (including phenoxy) is 1. The normalized spacial score (nSPS) is 21.9. The van der Waals surface area contributed by atoms with Gasteiger partial charge in [0, 0.05) is 19.8 Å². The van der Waals surface area contributed by atoms with Gasteiger partial charge in [-0.15, -0.1) is 0 Å². The van der Waals surface area contributed by atoms with Gasteiger partial charge in [0.25, 0.3) is 0 Å². The molecule has 96 valence electrons. The van der Waals surface area contributed by atoms with Crippen LogP contribution >= 0.6 is 0 Å².